The molecule has 1 aliphatic heterocycles. The molecule has 0 unspecified atom stereocenters. The molecule has 82 valence electrons. The van der Waals surface area contributed by atoms with Crippen LogP contribution in [0, 0.1) is 0 Å². The standard InChI is InChI=1S/C14H9NO2/c16-13-9-5-1-2-6-10(9)14(17)12(13)11-7-3-4-8-15-11/h1-8,15H. The lowest BCUT2D eigenvalue weighted by Crippen LogP contribution is -2.14. The van der Waals surface area contributed by atoms with Crippen LogP contribution in [-0.2, 0) is 0 Å². The third-order valence-corrected chi connectivity index (χ3v) is 2.85. The molecule has 0 bridgehead atoms. The predicted molar refractivity (Wildman–Crippen MR) is 63.5 cm³/mol. The lowest BCUT2D eigenvalue weighted by Gasteiger charge is -2.07. The number of nitrogens with one attached hydrogen (secondary N) is 1. The monoisotopic (exact) mass is 223 g/mol. The largest absolute Gasteiger partial charge is 0.361 e. The number of rotatable bonds is 0. The first-order valence-electron chi connectivity index (χ1n) is 5.31. The molecule has 1 heterocycles. The summed E-state index contributed by atoms with van der Waals surface area (Å²) in [6.07, 6.45) is 7.03. The summed E-state index contributed by atoms with van der Waals surface area (Å²) in [5, 5.41) is 2.93. The lowest BCUT2D eigenvalue weighted by atomic mass is 10.1. The van der Waals surface area contributed by atoms with Crippen molar-refractivity contribution in [1.29, 1.82) is 0 Å². The zero-order chi connectivity index (χ0) is 11.8. The van der Waals surface area contributed by atoms with Gasteiger partial charge in [-0.2, -0.15) is 0 Å². The zero-order valence-electron chi connectivity index (χ0n) is 8.94. The molecule has 0 amide bonds. The molecule has 2 aliphatic rings. The van der Waals surface area contributed by atoms with Gasteiger partial charge in [0, 0.05) is 17.3 Å². The normalized spacial score (nSPS) is 17.4. The van der Waals surface area contributed by atoms with Crippen molar-refractivity contribution in [1.82, 2.24) is 5.32 Å². The highest BCUT2D eigenvalue weighted by atomic mass is 16.2. The van der Waals surface area contributed by atoms with Gasteiger partial charge in [-0.1, -0.05) is 30.3 Å². The van der Waals surface area contributed by atoms with Crippen molar-refractivity contribution in [2.75, 3.05) is 0 Å². The molecule has 0 saturated heterocycles. The van der Waals surface area contributed by atoms with Crippen molar-refractivity contribution in [3.63, 3.8) is 0 Å². The smallest absolute Gasteiger partial charge is 0.199 e. The van der Waals surface area contributed by atoms with Gasteiger partial charge >= 0.3 is 0 Å². The van der Waals surface area contributed by atoms with Crippen molar-refractivity contribution in [3.05, 3.63) is 71.1 Å². The summed E-state index contributed by atoms with van der Waals surface area (Å²) in [4.78, 5) is 24.3. The van der Waals surface area contributed by atoms with Gasteiger partial charge in [-0.15, -0.1) is 0 Å². The number of fused-ring (bicyclic) bond motifs is 1. The predicted octanol–water partition coefficient (Wildman–Crippen LogP) is 1.99. The van der Waals surface area contributed by atoms with Crippen LogP contribution in [0.25, 0.3) is 0 Å². The zero-order valence-corrected chi connectivity index (χ0v) is 8.94. The van der Waals surface area contributed by atoms with Gasteiger partial charge < -0.3 is 5.32 Å². The Labute approximate surface area is 98.1 Å². The van der Waals surface area contributed by atoms with Crippen LogP contribution in [-0.4, -0.2) is 11.6 Å². The molecule has 0 radical (unpaired) electrons. The fourth-order valence-electron chi connectivity index (χ4n) is 2.05. The van der Waals surface area contributed by atoms with E-state index in [-0.39, 0.29) is 17.1 Å². The Bertz CT molecular complexity index is 584. The van der Waals surface area contributed by atoms with Gasteiger partial charge in [0.2, 0.25) is 0 Å². The van der Waals surface area contributed by atoms with Crippen molar-refractivity contribution in [3.8, 4) is 0 Å². The average Bonchev–Trinajstić information content (AvgIpc) is 2.64. The SMILES string of the molecule is O=C1C(=C2C=CC=CN2)C(=O)c2ccccc21. The third kappa shape index (κ3) is 1.36. The maximum atomic E-state index is 12.1. The van der Waals surface area contributed by atoms with Crippen LogP contribution in [0.5, 0.6) is 0 Å². The van der Waals surface area contributed by atoms with Crippen LogP contribution >= 0.6 is 0 Å². The van der Waals surface area contributed by atoms with Crippen LogP contribution in [0.1, 0.15) is 20.7 Å². The summed E-state index contributed by atoms with van der Waals surface area (Å²) in [6.45, 7) is 0. The average molecular weight is 223 g/mol. The van der Waals surface area contributed by atoms with Crippen LogP contribution in [0.4, 0.5) is 0 Å². The van der Waals surface area contributed by atoms with E-state index in [2.05, 4.69) is 5.32 Å². The van der Waals surface area contributed by atoms with Gasteiger partial charge in [-0.05, 0) is 12.2 Å². The first-order valence-corrected chi connectivity index (χ1v) is 5.31. The van der Waals surface area contributed by atoms with Crippen LogP contribution < -0.4 is 5.32 Å². The molecule has 1 N–H and O–H groups in total. The number of allylic oxidation sites excluding steroid dienone is 4. The highest BCUT2D eigenvalue weighted by Gasteiger charge is 2.34. The van der Waals surface area contributed by atoms with Crippen molar-refractivity contribution in [2.45, 2.75) is 0 Å². The molecule has 0 aromatic heterocycles. The molecular formula is C14H9NO2. The lowest BCUT2D eigenvalue weighted by molar-refractivity contribution is 0.0987. The second-order valence-electron chi connectivity index (χ2n) is 3.86. The summed E-state index contributed by atoms with van der Waals surface area (Å²) in [7, 11) is 0. The van der Waals surface area contributed by atoms with E-state index in [1.165, 1.54) is 0 Å². The van der Waals surface area contributed by atoms with Crippen molar-refractivity contribution < 1.29 is 9.59 Å². The van der Waals surface area contributed by atoms with E-state index in [1.807, 2.05) is 0 Å². The van der Waals surface area contributed by atoms with Gasteiger partial charge in [0.05, 0.1) is 11.3 Å². The molecular weight excluding hydrogens is 214 g/mol. The molecule has 1 aromatic rings. The number of Topliss-reactive ketones (excluding diaryl/α,β-unsaturated/α-hetero) is 2. The topological polar surface area (TPSA) is 46.2 Å². The maximum absolute atomic E-state index is 12.1. The molecule has 0 fully saturated rings. The number of ketones is 2. The van der Waals surface area contributed by atoms with Crippen molar-refractivity contribution in [2.24, 2.45) is 0 Å². The summed E-state index contributed by atoms with van der Waals surface area (Å²) in [6, 6.07) is 6.90. The Morgan fingerprint density at radius 2 is 1.53 bits per heavy atom. The summed E-state index contributed by atoms with van der Waals surface area (Å²) >= 11 is 0. The van der Waals surface area contributed by atoms with Crippen molar-refractivity contribution >= 4 is 11.6 Å². The van der Waals surface area contributed by atoms with Crippen LogP contribution in [0.3, 0.4) is 0 Å². The molecule has 3 heteroatoms. The Kier molecular flexibility index (Phi) is 2.05. The molecule has 1 aliphatic carbocycles. The van der Waals surface area contributed by atoms with Gasteiger partial charge in [-0.3, -0.25) is 9.59 Å². The van der Waals surface area contributed by atoms with Gasteiger partial charge in [0.25, 0.3) is 0 Å². The highest BCUT2D eigenvalue weighted by Crippen LogP contribution is 2.28. The minimum absolute atomic E-state index is 0.201. The van der Waals surface area contributed by atoms with Crippen LogP contribution in [0.2, 0.25) is 0 Å². The molecule has 3 nitrogen and oxygen atoms in total. The molecule has 0 spiro atoms. The van der Waals surface area contributed by atoms with Gasteiger partial charge in [-0.25, -0.2) is 0 Å². The van der Waals surface area contributed by atoms with E-state index in [0.29, 0.717) is 16.8 Å². The summed E-state index contributed by atoms with van der Waals surface area (Å²) in [5.41, 5.74) is 1.78. The summed E-state index contributed by atoms with van der Waals surface area (Å²) < 4.78 is 0. The summed E-state index contributed by atoms with van der Waals surface area (Å²) in [5.74, 6) is -0.402. The molecule has 0 atom stereocenters. The molecule has 1 aromatic carbocycles. The highest BCUT2D eigenvalue weighted by molar-refractivity contribution is 6.39. The first-order chi connectivity index (χ1) is 8.29. The van der Waals surface area contributed by atoms with Crippen LogP contribution in [0.15, 0.2) is 60.0 Å². The Balaban J connectivity index is 2.19. The van der Waals surface area contributed by atoms with Gasteiger partial charge in [0.1, 0.15) is 0 Å². The number of dihydropyridines is 1. The second kappa shape index (κ2) is 3.56. The Hall–Kier alpha value is -2.42. The number of hydrogen-bond acceptors (Lipinski definition) is 3. The quantitative estimate of drug-likeness (QED) is 0.540. The van der Waals surface area contributed by atoms with Gasteiger partial charge in [0.15, 0.2) is 11.6 Å². The number of benzene rings is 1. The Morgan fingerprint density at radius 1 is 0.882 bits per heavy atom. The fourth-order valence-corrected chi connectivity index (χ4v) is 2.05. The van der Waals surface area contributed by atoms with E-state index in [1.54, 1.807) is 48.7 Å². The number of carbonyl (C=O) groups excluding carboxylic acids is 2. The van der Waals surface area contributed by atoms with E-state index in [4.69, 9.17) is 0 Å². The van der Waals surface area contributed by atoms with E-state index < -0.39 is 0 Å². The second-order valence-corrected chi connectivity index (χ2v) is 3.86. The first kappa shape index (κ1) is 9.78. The maximum Gasteiger partial charge on any atom is 0.199 e. The molecule has 0 saturated carbocycles. The number of carbonyl (C=O) groups is 2. The fraction of sp³-hybridized carbons (Fsp3) is 0. The van der Waals surface area contributed by atoms with E-state index >= 15 is 0 Å². The van der Waals surface area contributed by atoms with E-state index in [9.17, 15) is 9.59 Å². The third-order valence-electron chi connectivity index (χ3n) is 2.85. The minimum Gasteiger partial charge on any atom is -0.361 e. The number of hydrogen-bond donors (Lipinski definition) is 1. The molecule has 3 rings (SSSR count). The molecule has 17 heavy (non-hydrogen) atoms. The minimum atomic E-state index is -0.201. The Morgan fingerprint density at radius 3 is 2.06 bits per heavy atom. The van der Waals surface area contributed by atoms with E-state index in [0.717, 1.165) is 0 Å².